The summed E-state index contributed by atoms with van der Waals surface area (Å²) >= 11 is 11.9. The zero-order chi connectivity index (χ0) is 23.0. The van der Waals surface area contributed by atoms with Gasteiger partial charge in [-0.25, -0.2) is 27.1 Å². The summed E-state index contributed by atoms with van der Waals surface area (Å²) < 4.78 is 54.6. The molecule has 0 spiro atoms. The number of hydrogen-bond acceptors (Lipinski definition) is 4. The monoisotopic (exact) mass is 486 g/mol. The van der Waals surface area contributed by atoms with Gasteiger partial charge in [0.15, 0.2) is 11.3 Å². The van der Waals surface area contributed by atoms with E-state index in [1.165, 1.54) is 17.1 Å². The number of alkyl halides is 4. The number of anilines is 1. The second-order valence-corrected chi connectivity index (χ2v) is 7.45. The maximum Gasteiger partial charge on any atom is 0.280 e. The van der Waals surface area contributed by atoms with Crippen LogP contribution in [0.1, 0.15) is 40.3 Å². The third kappa shape index (κ3) is 4.53. The number of halogens is 6. The van der Waals surface area contributed by atoms with Gasteiger partial charge in [0, 0.05) is 12.3 Å². The molecule has 0 aliphatic heterocycles. The molecule has 7 nitrogen and oxygen atoms in total. The van der Waals surface area contributed by atoms with Crippen molar-refractivity contribution in [3.05, 3.63) is 75.4 Å². The largest absolute Gasteiger partial charge is 0.318 e. The number of nitrogens with zero attached hydrogens (tertiary/aromatic N) is 5. The van der Waals surface area contributed by atoms with Crippen molar-refractivity contribution in [1.29, 1.82) is 0 Å². The van der Waals surface area contributed by atoms with E-state index in [4.69, 9.17) is 23.2 Å². The van der Waals surface area contributed by atoms with Gasteiger partial charge in [0.05, 0.1) is 28.5 Å². The molecule has 32 heavy (non-hydrogen) atoms. The molecule has 13 heteroatoms. The van der Waals surface area contributed by atoms with E-state index in [1.54, 1.807) is 18.2 Å². The van der Waals surface area contributed by atoms with Crippen molar-refractivity contribution in [2.75, 3.05) is 5.32 Å². The van der Waals surface area contributed by atoms with Gasteiger partial charge < -0.3 is 5.32 Å². The number of benzene rings is 1. The van der Waals surface area contributed by atoms with Crippen LogP contribution in [0.4, 0.5) is 23.2 Å². The highest BCUT2D eigenvalue weighted by Gasteiger charge is 2.22. The molecule has 0 atom stereocenters. The number of amides is 1. The summed E-state index contributed by atoms with van der Waals surface area (Å²) in [6.45, 7) is 0.346. The lowest BCUT2D eigenvalue weighted by Crippen LogP contribution is -2.12. The lowest BCUT2D eigenvalue weighted by molar-refractivity contribution is 0.102. The minimum absolute atomic E-state index is 0.275. The molecule has 0 fully saturated rings. The van der Waals surface area contributed by atoms with Gasteiger partial charge in [0.25, 0.3) is 18.8 Å². The van der Waals surface area contributed by atoms with Crippen LogP contribution in [-0.4, -0.2) is 30.3 Å². The molecule has 1 amide bonds. The summed E-state index contributed by atoms with van der Waals surface area (Å²) in [5, 5.41) is 11.2. The van der Waals surface area contributed by atoms with Crippen molar-refractivity contribution < 1.29 is 22.4 Å². The van der Waals surface area contributed by atoms with Crippen LogP contribution in [-0.2, 0) is 6.54 Å². The van der Waals surface area contributed by atoms with Crippen molar-refractivity contribution in [3.8, 4) is 0 Å². The van der Waals surface area contributed by atoms with E-state index in [2.05, 4.69) is 20.5 Å². The first-order chi connectivity index (χ1) is 15.2. The maximum atomic E-state index is 13.3. The SMILES string of the molecule is O=C(Nc1cnn(Cc2ccc(Cl)c(Cl)c2)c1)c1cc2nc(C(F)F)cc(C(F)F)n2n1. The average molecular weight is 487 g/mol. The topological polar surface area (TPSA) is 77.1 Å². The first-order valence-electron chi connectivity index (χ1n) is 8.96. The molecular formula is C19H12Cl2F4N6O. The van der Waals surface area contributed by atoms with E-state index < -0.39 is 30.1 Å². The highest BCUT2D eigenvalue weighted by atomic mass is 35.5. The van der Waals surface area contributed by atoms with Crippen LogP contribution in [0.25, 0.3) is 5.65 Å². The molecule has 166 valence electrons. The first-order valence-corrected chi connectivity index (χ1v) is 9.71. The van der Waals surface area contributed by atoms with Gasteiger partial charge in [-0.3, -0.25) is 9.48 Å². The highest BCUT2D eigenvalue weighted by molar-refractivity contribution is 6.42. The molecule has 0 aliphatic rings. The van der Waals surface area contributed by atoms with E-state index in [-0.39, 0.29) is 11.3 Å². The molecule has 0 bridgehead atoms. The number of nitrogens with one attached hydrogen (secondary N) is 1. The van der Waals surface area contributed by atoms with Crippen LogP contribution in [0.3, 0.4) is 0 Å². The van der Waals surface area contributed by atoms with Gasteiger partial charge in [-0.2, -0.15) is 10.2 Å². The Morgan fingerprint density at radius 3 is 2.53 bits per heavy atom. The molecule has 0 unspecified atom stereocenters. The fourth-order valence-corrected chi connectivity index (χ4v) is 3.25. The summed E-state index contributed by atoms with van der Waals surface area (Å²) in [5.74, 6) is -0.747. The number of aromatic nitrogens is 5. The Balaban J connectivity index is 1.54. The Morgan fingerprint density at radius 1 is 1.06 bits per heavy atom. The minimum atomic E-state index is -3.09. The molecule has 3 aromatic heterocycles. The van der Waals surface area contributed by atoms with E-state index in [0.29, 0.717) is 32.9 Å². The molecule has 1 N–H and O–H groups in total. The van der Waals surface area contributed by atoms with Gasteiger partial charge >= 0.3 is 0 Å². The third-order valence-electron chi connectivity index (χ3n) is 4.37. The zero-order valence-corrected chi connectivity index (χ0v) is 17.3. The Bertz CT molecular complexity index is 1310. The van der Waals surface area contributed by atoms with Gasteiger partial charge in [0.1, 0.15) is 11.4 Å². The molecule has 0 saturated heterocycles. The smallest absolute Gasteiger partial charge is 0.280 e. The van der Waals surface area contributed by atoms with Crippen LogP contribution in [0.2, 0.25) is 10.0 Å². The standard InChI is InChI=1S/C19H12Cl2F4N6O/c20-11-2-1-9(3-12(11)21)7-30-8-10(6-26-30)27-19(32)14-5-16-28-13(17(22)23)4-15(18(24)25)31(16)29-14/h1-6,8,17-18H,7H2,(H,27,32). The summed E-state index contributed by atoms with van der Waals surface area (Å²) in [7, 11) is 0. The van der Waals surface area contributed by atoms with Crippen LogP contribution >= 0.6 is 23.2 Å². The summed E-state index contributed by atoms with van der Waals surface area (Å²) in [6, 6.07) is 6.71. The van der Waals surface area contributed by atoms with Gasteiger partial charge in [-0.05, 0) is 23.8 Å². The fourth-order valence-electron chi connectivity index (χ4n) is 2.93. The Kier molecular flexibility index (Phi) is 6.02. The summed E-state index contributed by atoms with van der Waals surface area (Å²) in [4.78, 5) is 16.1. The molecule has 0 radical (unpaired) electrons. The lowest BCUT2D eigenvalue weighted by Gasteiger charge is -2.06. The van der Waals surface area contributed by atoms with Gasteiger partial charge in [0.2, 0.25) is 0 Å². The predicted octanol–water partition coefficient (Wildman–Crippen LogP) is 5.41. The Labute approximate surface area is 187 Å². The van der Waals surface area contributed by atoms with E-state index >= 15 is 0 Å². The maximum absolute atomic E-state index is 13.3. The second-order valence-electron chi connectivity index (χ2n) is 6.64. The molecule has 0 aliphatic carbocycles. The predicted molar refractivity (Wildman–Crippen MR) is 109 cm³/mol. The Hall–Kier alpha value is -3.18. The van der Waals surface area contributed by atoms with E-state index in [9.17, 15) is 22.4 Å². The van der Waals surface area contributed by atoms with E-state index in [0.717, 1.165) is 11.6 Å². The van der Waals surface area contributed by atoms with Crippen LogP contribution in [0.5, 0.6) is 0 Å². The van der Waals surface area contributed by atoms with Crippen molar-refractivity contribution in [2.24, 2.45) is 0 Å². The van der Waals surface area contributed by atoms with Crippen molar-refractivity contribution >= 4 is 40.4 Å². The number of hydrogen-bond donors (Lipinski definition) is 1. The zero-order valence-electron chi connectivity index (χ0n) is 15.8. The van der Waals surface area contributed by atoms with Crippen LogP contribution in [0, 0.1) is 0 Å². The number of carbonyl (C=O) groups excluding carboxylic acids is 1. The van der Waals surface area contributed by atoms with E-state index in [1.807, 2.05) is 0 Å². The quantitative estimate of drug-likeness (QED) is 0.369. The lowest BCUT2D eigenvalue weighted by atomic mass is 10.2. The van der Waals surface area contributed by atoms with Gasteiger partial charge in [-0.15, -0.1) is 0 Å². The number of fused-ring (bicyclic) bond motifs is 1. The summed E-state index contributed by atoms with van der Waals surface area (Å²) in [5.41, 5.74) is -1.06. The molecule has 3 heterocycles. The normalized spacial score (nSPS) is 11.6. The Morgan fingerprint density at radius 2 is 1.84 bits per heavy atom. The number of rotatable bonds is 6. The molecular weight excluding hydrogens is 475 g/mol. The van der Waals surface area contributed by atoms with Gasteiger partial charge in [-0.1, -0.05) is 29.3 Å². The average Bonchev–Trinajstić information content (AvgIpc) is 3.36. The van der Waals surface area contributed by atoms with Crippen LogP contribution in [0.15, 0.2) is 42.7 Å². The molecule has 0 saturated carbocycles. The first kappa shape index (κ1) is 22.0. The van der Waals surface area contributed by atoms with Crippen LogP contribution < -0.4 is 5.32 Å². The highest BCUT2D eigenvalue weighted by Crippen LogP contribution is 2.26. The van der Waals surface area contributed by atoms with Crippen molar-refractivity contribution in [1.82, 2.24) is 24.4 Å². The summed E-state index contributed by atoms with van der Waals surface area (Å²) in [6.07, 6.45) is -3.23. The van der Waals surface area contributed by atoms with Crippen molar-refractivity contribution in [2.45, 2.75) is 19.4 Å². The molecule has 4 aromatic rings. The molecule has 4 rings (SSSR count). The third-order valence-corrected chi connectivity index (χ3v) is 5.11. The fraction of sp³-hybridized carbons (Fsp3) is 0.158. The molecule has 1 aromatic carbocycles. The van der Waals surface area contributed by atoms with Crippen molar-refractivity contribution in [3.63, 3.8) is 0 Å². The number of carbonyl (C=O) groups is 1. The minimum Gasteiger partial charge on any atom is -0.318 e. The second kappa shape index (κ2) is 8.75.